The zero-order valence-electron chi connectivity index (χ0n) is 12.4. The van der Waals surface area contributed by atoms with Crippen molar-refractivity contribution in [3.63, 3.8) is 0 Å². The molecule has 0 spiro atoms. The van der Waals surface area contributed by atoms with Gasteiger partial charge in [-0.15, -0.1) is 0 Å². The molecule has 1 atom stereocenters. The van der Waals surface area contributed by atoms with E-state index < -0.39 is 0 Å². The van der Waals surface area contributed by atoms with Gasteiger partial charge in [0, 0.05) is 43.3 Å². The van der Waals surface area contributed by atoms with E-state index in [1.165, 1.54) is 11.3 Å². The fourth-order valence-electron chi connectivity index (χ4n) is 2.56. The summed E-state index contributed by atoms with van der Waals surface area (Å²) in [6.45, 7) is 10.2. The molecule has 0 aliphatic rings. The normalized spacial score (nSPS) is 12.9. The minimum Gasteiger partial charge on any atom is -0.337 e. The first kappa shape index (κ1) is 13.8. The van der Waals surface area contributed by atoms with Crippen LogP contribution >= 0.6 is 0 Å². The number of rotatable bonds is 5. The van der Waals surface area contributed by atoms with Gasteiger partial charge in [-0.1, -0.05) is 0 Å². The van der Waals surface area contributed by atoms with Gasteiger partial charge in [-0.3, -0.25) is 4.68 Å². The van der Waals surface area contributed by atoms with Crippen molar-refractivity contribution in [3.8, 4) is 0 Å². The van der Waals surface area contributed by atoms with Gasteiger partial charge in [-0.25, -0.2) is 4.98 Å². The van der Waals surface area contributed by atoms with E-state index in [-0.39, 0.29) is 6.04 Å². The summed E-state index contributed by atoms with van der Waals surface area (Å²) < 4.78 is 4.10. The van der Waals surface area contributed by atoms with E-state index in [9.17, 15) is 0 Å². The average molecular weight is 261 g/mol. The third-order valence-corrected chi connectivity index (χ3v) is 3.66. The highest BCUT2D eigenvalue weighted by Gasteiger charge is 2.16. The lowest BCUT2D eigenvalue weighted by molar-refractivity contribution is 0.543. The van der Waals surface area contributed by atoms with Gasteiger partial charge < -0.3 is 9.88 Å². The van der Waals surface area contributed by atoms with Crippen LogP contribution in [0.3, 0.4) is 0 Å². The molecule has 2 rings (SSSR count). The van der Waals surface area contributed by atoms with Crippen LogP contribution in [-0.2, 0) is 20.1 Å². The van der Waals surface area contributed by atoms with Crippen molar-refractivity contribution in [2.75, 3.05) is 0 Å². The van der Waals surface area contributed by atoms with Gasteiger partial charge >= 0.3 is 0 Å². The summed E-state index contributed by atoms with van der Waals surface area (Å²) in [4.78, 5) is 4.33. The van der Waals surface area contributed by atoms with E-state index in [1.807, 2.05) is 24.0 Å². The van der Waals surface area contributed by atoms with Crippen LogP contribution in [0.2, 0.25) is 0 Å². The topological polar surface area (TPSA) is 47.7 Å². The first-order chi connectivity index (χ1) is 9.04. The van der Waals surface area contributed by atoms with Gasteiger partial charge in [0.1, 0.15) is 5.82 Å². The molecule has 2 aromatic heterocycles. The Morgan fingerprint density at radius 1 is 1.37 bits per heavy atom. The number of aryl methyl sites for hydroxylation is 3. The molecule has 0 fully saturated rings. The molecule has 2 aromatic rings. The highest BCUT2D eigenvalue weighted by atomic mass is 15.3. The van der Waals surface area contributed by atoms with Gasteiger partial charge in [0.25, 0.3) is 0 Å². The van der Waals surface area contributed by atoms with Gasteiger partial charge in [0.05, 0.1) is 12.2 Å². The van der Waals surface area contributed by atoms with E-state index in [0.717, 1.165) is 24.6 Å². The highest BCUT2D eigenvalue weighted by molar-refractivity contribution is 5.27. The molecule has 19 heavy (non-hydrogen) atoms. The largest absolute Gasteiger partial charge is 0.337 e. The molecule has 5 nitrogen and oxygen atoms in total. The van der Waals surface area contributed by atoms with Crippen LogP contribution in [0.15, 0.2) is 12.4 Å². The van der Waals surface area contributed by atoms with Gasteiger partial charge in [0.15, 0.2) is 0 Å². The Bertz CT molecular complexity index is 552. The monoisotopic (exact) mass is 261 g/mol. The number of nitrogens with zero attached hydrogens (tertiary/aromatic N) is 4. The average Bonchev–Trinajstić information content (AvgIpc) is 2.90. The molecule has 0 aliphatic heterocycles. The second kappa shape index (κ2) is 5.57. The molecule has 2 heterocycles. The minimum absolute atomic E-state index is 0.275. The first-order valence-electron chi connectivity index (χ1n) is 6.78. The van der Waals surface area contributed by atoms with Crippen molar-refractivity contribution in [3.05, 3.63) is 35.2 Å². The Hall–Kier alpha value is -1.62. The molecule has 1 N–H and O–H groups in total. The number of hydrogen-bond donors (Lipinski definition) is 1. The number of nitrogens with one attached hydrogen (secondary N) is 1. The van der Waals surface area contributed by atoms with Crippen molar-refractivity contribution in [2.24, 2.45) is 7.05 Å². The Labute approximate surface area is 114 Å². The molecule has 1 unspecified atom stereocenters. The van der Waals surface area contributed by atoms with E-state index in [1.54, 1.807) is 0 Å². The van der Waals surface area contributed by atoms with Crippen LogP contribution < -0.4 is 5.32 Å². The van der Waals surface area contributed by atoms with Crippen LogP contribution in [0.25, 0.3) is 0 Å². The standard InChI is InChI=1S/C14H23N5/c1-6-19-12(4)14(11(3)17-19)10(2)16-9-13-15-7-8-18(13)5/h7-8,10,16H,6,9H2,1-5H3. The number of aromatic nitrogens is 4. The summed E-state index contributed by atoms with van der Waals surface area (Å²) in [6.07, 6.45) is 3.79. The number of imidazole rings is 1. The molecule has 0 radical (unpaired) electrons. The fraction of sp³-hybridized carbons (Fsp3) is 0.571. The summed E-state index contributed by atoms with van der Waals surface area (Å²) in [7, 11) is 2.01. The lowest BCUT2D eigenvalue weighted by Gasteiger charge is -2.14. The molecule has 0 saturated heterocycles. The van der Waals surface area contributed by atoms with Gasteiger partial charge in [-0.05, 0) is 27.7 Å². The maximum Gasteiger partial charge on any atom is 0.122 e. The van der Waals surface area contributed by atoms with Crippen molar-refractivity contribution >= 4 is 0 Å². The molecule has 0 saturated carbocycles. The molecular weight excluding hydrogens is 238 g/mol. The lowest BCUT2D eigenvalue weighted by Crippen LogP contribution is -2.21. The van der Waals surface area contributed by atoms with Crippen molar-refractivity contribution in [1.29, 1.82) is 0 Å². The highest BCUT2D eigenvalue weighted by Crippen LogP contribution is 2.21. The Morgan fingerprint density at radius 2 is 2.11 bits per heavy atom. The summed E-state index contributed by atoms with van der Waals surface area (Å²) in [6, 6.07) is 0.275. The minimum atomic E-state index is 0.275. The Kier molecular flexibility index (Phi) is 4.04. The predicted octanol–water partition coefficient (Wildman–Crippen LogP) is 2.10. The molecule has 0 aromatic carbocycles. The van der Waals surface area contributed by atoms with Crippen LogP contribution in [0.5, 0.6) is 0 Å². The maximum absolute atomic E-state index is 4.57. The Balaban J connectivity index is 2.10. The lowest BCUT2D eigenvalue weighted by atomic mass is 10.1. The van der Waals surface area contributed by atoms with E-state index in [2.05, 4.69) is 47.8 Å². The fourth-order valence-corrected chi connectivity index (χ4v) is 2.56. The SMILES string of the molecule is CCn1nc(C)c(C(C)NCc2nccn2C)c1C. The third kappa shape index (κ3) is 2.71. The summed E-state index contributed by atoms with van der Waals surface area (Å²) in [5.41, 5.74) is 3.66. The van der Waals surface area contributed by atoms with Crippen molar-refractivity contribution in [1.82, 2.24) is 24.6 Å². The second-order valence-electron chi connectivity index (χ2n) is 4.96. The smallest absolute Gasteiger partial charge is 0.122 e. The quantitative estimate of drug-likeness (QED) is 0.896. The van der Waals surface area contributed by atoms with E-state index >= 15 is 0 Å². The maximum atomic E-state index is 4.57. The predicted molar refractivity (Wildman–Crippen MR) is 75.8 cm³/mol. The molecule has 5 heteroatoms. The molecular formula is C14H23N5. The zero-order chi connectivity index (χ0) is 14.0. The molecule has 0 aliphatic carbocycles. The van der Waals surface area contributed by atoms with Crippen molar-refractivity contribution in [2.45, 2.75) is 46.8 Å². The zero-order valence-corrected chi connectivity index (χ0v) is 12.4. The van der Waals surface area contributed by atoms with Gasteiger partial charge in [-0.2, -0.15) is 5.10 Å². The van der Waals surface area contributed by atoms with E-state index in [0.29, 0.717) is 0 Å². The van der Waals surface area contributed by atoms with E-state index in [4.69, 9.17) is 0 Å². The van der Waals surface area contributed by atoms with Crippen LogP contribution in [0.4, 0.5) is 0 Å². The summed E-state index contributed by atoms with van der Waals surface area (Å²) >= 11 is 0. The third-order valence-electron chi connectivity index (χ3n) is 3.66. The summed E-state index contributed by atoms with van der Waals surface area (Å²) in [5.74, 6) is 1.05. The number of hydrogen-bond acceptors (Lipinski definition) is 3. The molecule has 0 amide bonds. The van der Waals surface area contributed by atoms with Gasteiger partial charge in [0.2, 0.25) is 0 Å². The first-order valence-corrected chi connectivity index (χ1v) is 6.78. The van der Waals surface area contributed by atoms with Crippen LogP contribution in [0.1, 0.15) is 42.7 Å². The van der Waals surface area contributed by atoms with Crippen molar-refractivity contribution < 1.29 is 0 Å². The molecule has 104 valence electrons. The van der Waals surface area contributed by atoms with Crippen LogP contribution in [0, 0.1) is 13.8 Å². The summed E-state index contributed by atoms with van der Waals surface area (Å²) in [5, 5.41) is 8.09. The van der Waals surface area contributed by atoms with Crippen LogP contribution in [-0.4, -0.2) is 19.3 Å². The molecule has 0 bridgehead atoms. The Morgan fingerprint density at radius 3 is 2.63 bits per heavy atom. The second-order valence-corrected chi connectivity index (χ2v) is 4.96.